The van der Waals surface area contributed by atoms with Crippen LogP contribution >= 0.6 is 0 Å². The second kappa shape index (κ2) is 16.3. The van der Waals surface area contributed by atoms with Gasteiger partial charge in [0.1, 0.15) is 6.61 Å². The fourth-order valence-corrected chi connectivity index (χ4v) is 3.96. The second-order valence-corrected chi connectivity index (χ2v) is 8.27. The van der Waals surface area contributed by atoms with E-state index in [0.717, 1.165) is 57.3 Å². The standard InChI is InChI=1S/C28H41NO5/c1-4-29(27(30)34-24-26-19-10-6-11-20-26)28(31-2,32-3)21-13-7-14-22-33-23-15-12-18-25-16-8-5-9-17-25/h5-6,8-11,16-17,19-20H,4,7,12-15,18,21-24H2,1-3H3. The maximum Gasteiger partial charge on any atom is 0.414 e. The molecule has 0 bridgehead atoms. The summed E-state index contributed by atoms with van der Waals surface area (Å²) in [5, 5.41) is 0. The lowest BCUT2D eigenvalue weighted by molar-refractivity contribution is -0.286. The van der Waals surface area contributed by atoms with Gasteiger partial charge in [-0.15, -0.1) is 0 Å². The van der Waals surface area contributed by atoms with E-state index in [2.05, 4.69) is 24.3 Å². The van der Waals surface area contributed by atoms with Gasteiger partial charge in [0, 0.05) is 40.4 Å². The lowest BCUT2D eigenvalue weighted by atomic mass is 10.1. The summed E-state index contributed by atoms with van der Waals surface area (Å²) < 4.78 is 22.7. The Bertz CT molecular complexity index is 780. The molecule has 0 fully saturated rings. The number of carbonyl (C=O) groups is 1. The van der Waals surface area contributed by atoms with Gasteiger partial charge >= 0.3 is 6.09 Å². The van der Waals surface area contributed by atoms with E-state index < -0.39 is 12.0 Å². The largest absolute Gasteiger partial charge is 0.444 e. The molecular weight excluding hydrogens is 430 g/mol. The highest BCUT2D eigenvalue weighted by molar-refractivity contribution is 5.68. The number of unbranched alkanes of at least 4 members (excludes halogenated alkanes) is 3. The Morgan fingerprint density at radius 3 is 1.97 bits per heavy atom. The maximum atomic E-state index is 12.8. The minimum absolute atomic E-state index is 0.211. The minimum atomic E-state index is -1.14. The van der Waals surface area contributed by atoms with Gasteiger partial charge in [-0.2, -0.15) is 0 Å². The van der Waals surface area contributed by atoms with E-state index in [1.54, 1.807) is 14.2 Å². The molecule has 6 nitrogen and oxygen atoms in total. The topological polar surface area (TPSA) is 57.2 Å². The normalized spacial score (nSPS) is 11.4. The summed E-state index contributed by atoms with van der Waals surface area (Å²) in [5.74, 6) is -1.14. The number of ether oxygens (including phenoxy) is 4. The van der Waals surface area contributed by atoms with E-state index >= 15 is 0 Å². The van der Waals surface area contributed by atoms with Gasteiger partial charge in [-0.1, -0.05) is 67.1 Å². The highest BCUT2D eigenvalue weighted by Gasteiger charge is 2.40. The van der Waals surface area contributed by atoms with Crippen LogP contribution in [0.1, 0.15) is 56.6 Å². The smallest absolute Gasteiger partial charge is 0.414 e. The van der Waals surface area contributed by atoms with E-state index in [4.69, 9.17) is 18.9 Å². The molecule has 0 aromatic heterocycles. The summed E-state index contributed by atoms with van der Waals surface area (Å²) in [6, 6.07) is 20.2. The molecule has 6 heteroatoms. The van der Waals surface area contributed by atoms with E-state index in [0.29, 0.717) is 13.0 Å². The van der Waals surface area contributed by atoms with Gasteiger partial charge in [0.05, 0.1) is 0 Å². The van der Waals surface area contributed by atoms with Crippen LogP contribution in [-0.4, -0.2) is 50.9 Å². The SMILES string of the molecule is CCN(C(=O)OCc1ccccc1)C(CCCCCOCCCCc1ccccc1)(OC)OC. The molecule has 1 amide bonds. The van der Waals surface area contributed by atoms with Crippen LogP contribution in [0.25, 0.3) is 0 Å². The second-order valence-electron chi connectivity index (χ2n) is 8.27. The average molecular weight is 472 g/mol. The zero-order chi connectivity index (χ0) is 24.5. The van der Waals surface area contributed by atoms with Crippen molar-refractivity contribution in [2.75, 3.05) is 34.0 Å². The number of nitrogens with zero attached hydrogens (tertiary/aromatic N) is 1. The van der Waals surface area contributed by atoms with Crippen LogP contribution in [0.2, 0.25) is 0 Å². The van der Waals surface area contributed by atoms with Crippen LogP contribution in [-0.2, 0) is 32.0 Å². The molecule has 0 atom stereocenters. The molecule has 0 heterocycles. The van der Waals surface area contributed by atoms with Crippen molar-refractivity contribution in [2.45, 2.75) is 64.4 Å². The first-order valence-corrected chi connectivity index (χ1v) is 12.4. The average Bonchev–Trinajstić information content (AvgIpc) is 2.89. The van der Waals surface area contributed by atoms with Gasteiger partial charge in [0.15, 0.2) is 0 Å². The van der Waals surface area contributed by atoms with Crippen LogP contribution in [0.15, 0.2) is 60.7 Å². The fraction of sp³-hybridized carbons (Fsp3) is 0.536. The third kappa shape index (κ3) is 9.45. The summed E-state index contributed by atoms with van der Waals surface area (Å²) in [7, 11) is 3.13. The number of benzene rings is 2. The monoisotopic (exact) mass is 471 g/mol. The van der Waals surface area contributed by atoms with Crippen LogP contribution in [0, 0.1) is 0 Å². The molecule has 0 N–H and O–H groups in total. The van der Waals surface area contributed by atoms with Gasteiger partial charge in [-0.05, 0) is 50.2 Å². The van der Waals surface area contributed by atoms with E-state index in [9.17, 15) is 4.79 Å². The predicted octanol–water partition coefficient (Wildman–Crippen LogP) is 6.19. The Hall–Kier alpha value is -2.41. The summed E-state index contributed by atoms with van der Waals surface area (Å²) in [4.78, 5) is 14.3. The van der Waals surface area contributed by atoms with Gasteiger partial charge in [-0.25, -0.2) is 4.79 Å². The molecule has 34 heavy (non-hydrogen) atoms. The number of amides is 1. The molecular formula is C28H41NO5. The molecule has 0 aliphatic carbocycles. The molecule has 188 valence electrons. The zero-order valence-corrected chi connectivity index (χ0v) is 21.0. The Morgan fingerprint density at radius 1 is 0.794 bits per heavy atom. The first kappa shape index (κ1) is 27.8. The van der Waals surface area contributed by atoms with Crippen molar-refractivity contribution in [3.8, 4) is 0 Å². The van der Waals surface area contributed by atoms with Crippen molar-refractivity contribution in [1.29, 1.82) is 0 Å². The number of methoxy groups -OCH3 is 2. The first-order chi connectivity index (χ1) is 16.6. The quantitative estimate of drug-likeness (QED) is 0.203. The van der Waals surface area contributed by atoms with E-state index in [1.807, 2.05) is 43.3 Å². The molecule has 0 aliphatic heterocycles. The zero-order valence-electron chi connectivity index (χ0n) is 21.0. The summed E-state index contributed by atoms with van der Waals surface area (Å²) in [5.41, 5.74) is 2.32. The number of aryl methyl sites for hydroxylation is 1. The fourth-order valence-electron chi connectivity index (χ4n) is 3.96. The number of rotatable bonds is 17. The molecule has 2 aromatic rings. The summed E-state index contributed by atoms with van der Waals surface area (Å²) >= 11 is 0. The molecule has 0 spiro atoms. The third-order valence-electron chi connectivity index (χ3n) is 5.92. The Morgan fingerprint density at radius 2 is 1.38 bits per heavy atom. The maximum absolute atomic E-state index is 12.8. The first-order valence-electron chi connectivity index (χ1n) is 12.4. The van der Waals surface area contributed by atoms with Crippen LogP contribution in [0.3, 0.4) is 0 Å². The molecule has 0 aliphatic rings. The Labute approximate surface area is 205 Å². The van der Waals surface area contributed by atoms with Crippen molar-refractivity contribution in [3.05, 3.63) is 71.8 Å². The Kier molecular flexibility index (Phi) is 13.3. The number of hydrogen-bond acceptors (Lipinski definition) is 5. The van der Waals surface area contributed by atoms with E-state index in [1.165, 1.54) is 10.5 Å². The molecule has 0 radical (unpaired) electrons. The van der Waals surface area contributed by atoms with Crippen molar-refractivity contribution < 1.29 is 23.7 Å². The summed E-state index contributed by atoms with van der Waals surface area (Å²) in [6.07, 6.45) is 6.20. The van der Waals surface area contributed by atoms with Crippen LogP contribution in [0.5, 0.6) is 0 Å². The number of carbonyl (C=O) groups excluding carboxylic acids is 1. The molecule has 0 saturated carbocycles. The third-order valence-corrected chi connectivity index (χ3v) is 5.92. The van der Waals surface area contributed by atoms with Gasteiger partial charge < -0.3 is 18.9 Å². The van der Waals surface area contributed by atoms with Crippen molar-refractivity contribution in [2.24, 2.45) is 0 Å². The predicted molar refractivity (Wildman–Crippen MR) is 134 cm³/mol. The van der Waals surface area contributed by atoms with Crippen molar-refractivity contribution >= 4 is 6.09 Å². The summed E-state index contributed by atoms with van der Waals surface area (Å²) in [6.45, 7) is 4.06. The van der Waals surface area contributed by atoms with Crippen LogP contribution < -0.4 is 0 Å². The number of hydrogen-bond donors (Lipinski definition) is 0. The highest BCUT2D eigenvalue weighted by Crippen LogP contribution is 2.26. The van der Waals surface area contributed by atoms with Gasteiger partial charge in [0.25, 0.3) is 5.91 Å². The van der Waals surface area contributed by atoms with Crippen molar-refractivity contribution in [1.82, 2.24) is 4.90 Å². The lowest BCUT2D eigenvalue weighted by Crippen LogP contribution is -2.54. The minimum Gasteiger partial charge on any atom is -0.444 e. The van der Waals surface area contributed by atoms with Crippen molar-refractivity contribution in [3.63, 3.8) is 0 Å². The van der Waals surface area contributed by atoms with Crippen LogP contribution in [0.4, 0.5) is 4.79 Å². The molecule has 2 rings (SSSR count). The highest BCUT2D eigenvalue weighted by atomic mass is 16.7. The molecule has 2 aromatic carbocycles. The molecule has 0 saturated heterocycles. The van der Waals surface area contributed by atoms with Gasteiger partial charge in [0.2, 0.25) is 0 Å². The van der Waals surface area contributed by atoms with Gasteiger partial charge in [-0.3, -0.25) is 4.90 Å². The Balaban J connectivity index is 1.65. The lowest BCUT2D eigenvalue weighted by Gasteiger charge is -2.39. The van der Waals surface area contributed by atoms with E-state index in [-0.39, 0.29) is 6.61 Å². The molecule has 0 unspecified atom stereocenters.